The van der Waals surface area contributed by atoms with Crippen molar-refractivity contribution in [2.24, 2.45) is 0 Å². The van der Waals surface area contributed by atoms with E-state index in [9.17, 15) is 0 Å². The predicted octanol–water partition coefficient (Wildman–Crippen LogP) is 5.50. The number of alkyl halides is 1. The summed E-state index contributed by atoms with van der Waals surface area (Å²) in [4.78, 5) is 0. The highest BCUT2D eigenvalue weighted by molar-refractivity contribution is 9.12. The number of rotatable bonds is 2. The normalized spacial score (nSPS) is 13.1. The molecule has 2 heterocycles. The zero-order chi connectivity index (χ0) is 11.0. The van der Waals surface area contributed by atoms with Crippen LogP contribution >= 0.6 is 54.8 Å². The smallest absolute Gasteiger partial charge is 0.105 e. The fraction of sp³-hybridized carbons (Fsp3) is 0.200. The lowest BCUT2D eigenvalue weighted by molar-refractivity contribution is 0.530. The van der Waals surface area contributed by atoms with Crippen LogP contribution in [0.2, 0.25) is 0 Å². The minimum Gasteiger partial charge on any atom is -0.469 e. The van der Waals surface area contributed by atoms with Crippen molar-refractivity contribution < 1.29 is 4.42 Å². The second-order valence-electron chi connectivity index (χ2n) is 3.07. The topological polar surface area (TPSA) is 13.1 Å². The highest BCUT2D eigenvalue weighted by Crippen LogP contribution is 2.41. The van der Waals surface area contributed by atoms with E-state index in [2.05, 4.69) is 31.9 Å². The molecule has 2 rings (SSSR count). The van der Waals surface area contributed by atoms with Gasteiger partial charge in [0.05, 0.1) is 19.2 Å². The third-order valence-electron chi connectivity index (χ3n) is 2.13. The van der Waals surface area contributed by atoms with Crippen LogP contribution in [0.25, 0.3) is 0 Å². The van der Waals surface area contributed by atoms with E-state index < -0.39 is 0 Å². The standard InChI is InChI=1S/C10H7Br2ClOS/c1-5-6(2-3-14-5)9(13)7-4-8(11)15-10(7)12/h2-4,9H,1H3. The van der Waals surface area contributed by atoms with Crippen molar-refractivity contribution in [1.82, 2.24) is 0 Å². The largest absolute Gasteiger partial charge is 0.469 e. The van der Waals surface area contributed by atoms with Crippen molar-refractivity contribution in [1.29, 1.82) is 0 Å². The number of aryl methyl sites for hydroxylation is 1. The molecule has 1 unspecified atom stereocenters. The molecule has 1 nitrogen and oxygen atoms in total. The lowest BCUT2D eigenvalue weighted by Gasteiger charge is -2.06. The fourth-order valence-corrected chi connectivity index (χ4v) is 4.85. The zero-order valence-electron chi connectivity index (χ0n) is 7.76. The van der Waals surface area contributed by atoms with Gasteiger partial charge in [0.1, 0.15) is 5.76 Å². The van der Waals surface area contributed by atoms with E-state index in [-0.39, 0.29) is 5.38 Å². The Morgan fingerprint density at radius 3 is 2.60 bits per heavy atom. The first-order valence-electron chi connectivity index (χ1n) is 4.22. The van der Waals surface area contributed by atoms with Gasteiger partial charge in [-0.1, -0.05) is 0 Å². The second kappa shape index (κ2) is 4.62. The van der Waals surface area contributed by atoms with E-state index in [0.29, 0.717) is 0 Å². The van der Waals surface area contributed by atoms with Crippen LogP contribution in [0.5, 0.6) is 0 Å². The molecule has 15 heavy (non-hydrogen) atoms. The van der Waals surface area contributed by atoms with E-state index in [1.165, 1.54) is 0 Å². The van der Waals surface area contributed by atoms with Gasteiger partial charge in [0.2, 0.25) is 0 Å². The molecule has 80 valence electrons. The van der Waals surface area contributed by atoms with Crippen LogP contribution in [0.4, 0.5) is 0 Å². The molecule has 0 fully saturated rings. The average molecular weight is 370 g/mol. The van der Waals surface area contributed by atoms with Gasteiger partial charge in [-0.05, 0) is 50.9 Å². The van der Waals surface area contributed by atoms with Gasteiger partial charge in [-0.2, -0.15) is 0 Å². The van der Waals surface area contributed by atoms with Gasteiger partial charge in [-0.3, -0.25) is 0 Å². The Morgan fingerprint density at radius 1 is 1.40 bits per heavy atom. The molecule has 0 N–H and O–H groups in total. The summed E-state index contributed by atoms with van der Waals surface area (Å²) >= 11 is 15.0. The first-order chi connectivity index (χ1) is 7.09. The Kier molecular flexibility index (Phi) is 3.60. The monoisotopic (exact) mass is 368 g/mol. The summed E-state index contributed by atoms with van der Waals surface area (Å²) in [6.45, 7) is 1.92. The Labute approximate surface area is 114 Å². The molecular formula is C10H7Br2ClOS. The van der Waals surface area contributed by atoms with E-state index >= 15 is 0 Å². The van der Waals surface area contributed by atoms with Crippen LogP contribution in [0.3, 0.4) is 0 Å². The number of furan rings is 1. The Balaban J connectivity index is 2.40. The Hall–Kier alpha value is 0.230. The molecule has 0 bridgehead atoms. The molecule has 0 saturated carbocycles. The molecule has 2 aromatic heterocycles. The van der Waals surface area contributed by atoms with Gasteiger partial charge in [0, 0.05) is 11.1 Å². The van der Waals surface area contributed by atoms with Crippen molar-refractivity contribution in [2.75, 3.05) is 0 Å². The summed E-state index contributed by atoms with van der Waals surface area (Å²) in [6, 6.07) is 3.93. The summed E-state index contributed by atoms with van der Waals surface area (Å²) in [5.41, 5.74) is 2.08. The quantitative estimate of drug-likeness (QED) is 0.636. The lowest BCUT2D eigenvalue weighted by Crippen LogP contribution is -1.91. The summed E-state index contributed by atoms with van der Waals surface area (Å²) in [5.74, 6) is 0.865. The average Bonchev–Trinajstić information content (AvgIpc) is 2.71. The highest BCUT2D eigenvalue weighted by Gasteiger charge is 2.19. The third kappa shape index (κ3) is 2.33. The maximum atomic E-state index is 6.39. The van der Waals surface area contributed by atoms with Crippen LogP contribution < -0.4 is 0 Å². The highest BCUT2D eigenvalue weighted by atomic mass is 79.9. The van der Waals surface area contributed by atoms with Crippen LogP contribution in [0.1, 0.15) is 22.3 Å². The number of thiophene rings is 1. The van der Waals surface area contributed by atoms with Gasteiger partial charge < -0.3 is 4.42 Å². The molecule has 0 amide bonds. The molecule has 1 atom stereocenters. The molecular weight excluding hydrogens is 363 g/mol. The summed E-state index contributed by atoms with van der Waals surface area (Å²) in [5, 5.41) is -0.166. The van der Waals surface area contributed by atoms with Crippen LogP contribution in [0, 0.1) is 6.92 Å². The number of hydrogen-bond acceptors (Lipinski definition) is 2. The van der Waals surface area contributed by atoms with Crippen LogP contribution in [0.15, 0.2) is 30.4 Å². The van der Waals surface area contributed by atoms with Crippen LogP contribution in [-0.4, -0.2) is 0 Å². The Bertz CT molecular complexity index is 477. The molecule has 0 aliphatic carbocycles. The maximum absolute atomic E-state index is 6.39. The molecule has 0 aliphatic heterocycles. The van der Waals surface area contributed by atoms with E-state index in [1.807, 2.05) is 19.1 Å². The first kappa shape index (κ1) is 11.7. The zero-order valence-corrected chi connectivity index (χ0v) is 12.5. The third-order valence-corrected chi connectivity index (χ3v) is 4.98. The molecule has 2 aromatic rings. The summed E-state index contributed by atoms with van der Waals surface area (Å²) in [6.07, 6.45) is 1.66. The van der Waals surface area contributed by atoms with E-state index in [0.717, 1.165) is 24.5 Å². The molecule has 0 aliphatic rings. The van der Waals surface area contributed by atoms with Crippen molar-refractivity contribution >= 4 is 54.8 Å². The number of hydrogen-bond donors (Lipinski definition) is 0. The minimum absolute atomic E-state index is 0.166. The predicted molar refractivity (Wildman–Crippen MR) is 70.9 cm³/mol. The van der Waals surface area contributed by atoms with Gasteiger partial charge in [0.25, 0.3) is 0 Å². The maximum Gasteiger partial charge on any atom is 0.105 e. The molecule has 0 radical (unpaired) electrons. The van der Waals surface area contributed by atoms with E-state index in [4.69, 9.17) is 16.0 Å². The summed E-state index contributed by atoms with van der Waals surface area (Å²) < 4.78 is 7.36. The van der Waals surface area contributed by atoms with Gasteiger partial charge in [-0.15, -0.1) is 22.9 Å². The van der Waals surface area contributed by atoms with Crippen molar-refractivity contribution in [3.8, 4) is 0 Å². The first-order valence-corrected chi connectivity index (χ1v) is 7.06. The van der Waals surface area contributed by atoms with Crippen molar-refractivity contribution in [2.45, 2.75) is 12.3 Å². The SMILES string of the molecule is Cc1occc1C(Cl)c1cc(Br)sc1Br. The minimum atomic E-state index is -0.166. The Morgan fingerprint density at radius 2 is 2.13 bits per heavy atom. The fourth-order valence-electron chi connectivity index (χ4n) is 1.35. The molecule has 5 heteroatoms. The number of halogens is 3. The van der Waals surface area contributed by atoms with Crippen molar-refractivity contribution in [3.05, 3.63) is 42.9 Å². The van der Waals surface area contributed by atoms with Gasteiger partial charge in [0.15, 0.2) is 0 Å². The van der Waals surface area contributed by atoms with E-state index in [1.54, 1.807) is 17.6 Å². The summed E-state index contributed by atoms with van der Waals surface area (Å²) in [7, 11) is 0. The van der Waals surface area contributed by atoms with Gasteiger partial charge in [-0.25, -0.2) is 0 Å². The van der Waals surface area contributed by atoms with Crippen molar-refractivity contribution in [3.63, 3.8) is 0 Å². The molecule has 0 saturated heterocycles. The van der Waals surface area contributed by atoms with Gasteiger partial charge >= 0.3 is 0 Å². The molecule has 0 aromatic carbocycles. The lowest BCUT2D eigenvalue weighted by atomic mass is 10.1. The van der Waals surface area contributed by atoms with Crippen LogP contribution in [-0.2, 0) is 0 Å². The second-order valence-corrected chi connectivity index (χ2v) is 7.26. The molecule has 0 spiro atoms.